The maximum Gasteiger partial charge on any atom is 0.153 e. The van der Waals surface area contributed by atoms with Crippen LogP contribution >= 0.6 is 0 Å². The second-order valence-corrected chi connectivity index (χ2v) is 5.97. The van der Waals surface area contributed by atoms with E-state index >= 15 is 0 Å². The van der Waals surface area contributed by atoms with Crippen molar-refractivity contribution in [2.45, 2.75) is 0 Å². The van der Waals surface area contributed by atoms with E-state index in [1.54, 1.807) is 6.07 Å². The molecule has 2 heterocycles. The molecule has 16 heavy (non-hydrogen) atoms. The molecule has 7 heteroatoms. The van der Waals surface area contributed by atoms with Gasteiger partial charge in [-0.25, -0.2) is 19.2 Å². The van der Waals surface area contributed by atoms with Crippen LogP contribution in [0.5, 0.6) is 0 Å². The molecule has 0 spiro atoms. The molecular weight excluding hydrogens is 228 g/mol. The summed E-state index contributed by atoms with van der Waals surface area (Å²) in [5.74, 6) is 6.97. The Morgan fingerprint density at radius 2 is 2.00 bits per heavy atom. The molecule has 0 unspecified atom stereocenters. The molecule has 1 aliphatic heterocycles. The number of anilines is 2. The molecule has 1 aromatic rings. The molecule has 2 rings (SSSR count). The van der Waals surface area contributed by atoms with Gasteiger partial charge in [-0.1, -0.05) is 6.07 Å². The minimum atomic E-state index is -2.85. The van der Waals surface area contributed by atoms with Crippen molar-refractivity contribution < 1.29 is 8.42 Å². The van der Waals surface area contributed by atoms with Gasteiger partial charge in [0.15, 0.2) is 9.84 Å². The van der Waals surface area contributed by atoms with Crippen LogP contribution in [0.1, 0.15) is 0 Å². The topological polar surface area (TPSA) is 88.3 Å². The summed E-state index contributed by atoms with van der Waals surface area (Å²) in [6.07, 6.45) is 0. The highest BCUT2D eigenvalue weighted by Gasteiger charge is 2.22. The number of nitrogens with zero attached hydrogens (tertiary/aromatic N) is 2. The van der Waals surface area contributed by atoms with Gasteiger partial charge in [0.1, 0.15) is 11.6 Å². The third kappa shape index (κ3) is 2.42. The average molecular weight is 242 g/mol. The Kier molecular flexibility index (Phi) is 2.97. The number of hydrogen-bond donors (Lipinski definition) is 2. The molecule has 1 fully saturated rings. The third-order valence-corrected chi connectivity index (χ3v) is 4.16. The van der Waals surface area contributed by atoms with E-state index in [0.29, 0.717) is 18.9 Å². The van der Waals surface area contributed by atoms with Crippen LogP contribution < -0.4 is 16.2 Å². The number of nitrogens with two attached hydrogens (primary N) is 1. The summed E-state index contributed by atoms with van der Waals surface area (Å²) in [4.78, 5) is 6.20. The molecular formula is C9H14N4O2S. The Hall–Kier alpha value is -1.34. The Balaban J connectivity index is 2.13. The molecule has 88 valence electrons. The van der Waals surface area contributed by atoms with Gasteiger partial charge in [-0.2, -0.15) is 0 Å². The van der Waals surface area contributed by atoms with Crippen LogP contribution in [0.15, 0.2) is 18.2 Å². The zero-order chi connectivity index (χ0) is 11.6. The fourth-order valence-electron chi connectivity index (χ4n) is 1.62. The largest absolute Gasteiger partial charge is 0.355 e. The second-order valence-electron chi connectivity index (χ2n) is 3.66. The highest BCUT2D eigenvalue weighted by atomic mass is 32.2. The highest BCUT2D eigenvalue weighted by molar-refractivity contribution is 7.91. The average Bonchev–Trinajstić information content (AvgIpc) is 2.29. The lowest BCUT2D eigenvalue weighted by atomic mass is 10.4. The van der Waals surface area contributed by atoms with E-state index in [2.05, 4.69) is 10.4 Å². The Labute approximate surface area is 94.4 Å². The zero-order valence-electron chi connectivity index (χ0n) is 8.76. The van der Waals surface area contributed by atoms with Crippen molar-refractivity contribution in [1.29, 1.82) is 0 Å². The minimum absolute atomic E-state index is 0.189. The lowest BCUT2D eigenvalue weighted by Crippen LogP contribution is -2.40. The number of hydrogen-bond acceptors (Lipinski definition) is 6. The second kappa shape index (κ2) is 4.26. The van der Waals surface area contributed by atoms with Crippen LogP contribution in [0.2, 0.25) is 0 Å². The van der Waals surface area contributed by atoms with E-state index in [-0.39, 0.29) is 11.5 Å². The molecule has 3 N–H and O–H groups in total. The summed E-state index contributed by atoms with van der Waals surface area (Å²) in [6, 6.07) is 5.43. The van der Waals surface area contributed by atoms with Gasteiger partial charge in [-0.3, -0.25) is 0 Å². The first-order valence-corrected chi connectivity index (χ1v) is 6.82. The number of rotatable bonds is 2. The number of aromatic nitrogens is 1. The normalized spacial score (nSPS) is 19.4. The summed E-state index contributed by atoms with van der Waals surface area (Å²) in [5.41, 5.74) is 2.47. The Morgan fingerprint density at radius 1 is 1.31 bits per heavy atom. The van der Waals surface area contributed by atoms with Crippen LogP contribution in [-0.4, -0.2) is 38.0 Å². The van der Waals surface area contributed by atoms with Gasteiger partial charge in [0, 0.05) is 13.1 Å². The van der Waals surface area contributed by atoms with E-state index in [1.807, 2.05) is 17.0 Å². The highest BCUT2D eigenvalue weighted by Crippen LogP contribution is 2.16. The van der Waals surface area contributed by atoms with Crippen LogP contribution in [-0.2, 0) is 9.84 Å². The number of pyridine rings is 1. The first-order chi connectivity index (χ1) is 7.61. The van der Waals surface area contributed by atoms with Gasteiger partial charge in [0.25, 0.3) is 0 Å². The van der Waals surface area contributed by atoms with Crippen molar-refractivity contribution >= 4 is 21.5 Å². The smallest absolute Gasteiger partial charge is 0.153 e. The van der Waals surface area contributed by atoms with Gasteiger partial charge in [-0.05, 0) is 12.1 Å². The van der Waals surface area contributed by atoms with E-state index in [4.69, 9.17) is 5.84 Å². The summed E-state index contributed by atoms with van der Waals surface area (Å²) < 4.78 is 22.5. The van der Waals surface area contributed by atoms with Crippen LogP contribution in [0.25, 0.3) is 0 Å². The van der Waals surface area contributed by atoms with Gasteiger partial charge < -0.3 is 10.3 Å². The molecule has 0 bridgehead atoms. The van der Waals surface area contributed by atoms with Gasteiger partial charge in [-0.15, -0.1) is 0 Å². The summed E-state index contributed by atoms with van der Waals surface area (Å²) in [7, 11) is -2.85. The molecule has 0 saturated carbocycles. The summed E-state index contributed by atoms with van der Waals surface area (Å²) >= 11 is 0. The first kappa shape index (κ1) is 11.2. The SMILES string of the molecule is NNc1cccc(N2CCS(=O)(=O)CC2)n1. The molecule has 0 aromatic carbocycles. The predicted octanol–water partition coefficient (Wildman–Crippen LogP) is -0.398. The summed E-state index contributed by atoms with van der Waals surface area (Å²) in [6.45, 7) is 0.979. The van der Waals surface area contributed by atoms with Crippen molar-refractivity contribution in [2.75, 3.05) is 34.9 Å². The van der Waals surface area contributed by atoms with Gasteiger partial charge in [0.05, 0.1) is 11.5 Å². The Bertz CT molecular complexity index is 460. The summed E-state index contributed by atoms with van der Waals surface area (Å²) in [5, 5.41) is 0. The van der Waals surface area contributed by atoms with Gasteiger partial charge >= 0.3 is 0 Å². The maximum atomic E-state index is 11.3. The van der Waals surface area contributed by atoms with Crippen molar-refractivity contribution in [3.8, 4) is 0 Å². The number of hydrazine groups is 1. The third-order valence-electron chi connectivity index (χ3n) is 2.55. The van der Waals surface area contributed by atoms with Crippen LogP contribution in [0.4, 0.5) is 11.6 Å². The van der Waals surface area contributed by atoms with Crippen molar-refractivity contribution in [2.24, 2.45) is 5.84 Å². The molecule has 1 saturated heterocycles. The van der Waals surface area contributed by atoms with E-state index in [0.717, 1.165) is 5.82 Å². The van der Waals surface area contributed by atoms with Crippen LogP contribution in [0, 0.1) is 0 Å². The maximum absolute atomic E-state index is 11.3. The predicted molar refractivity (Wildman–Crippen MR) is 62.9 cm³/mol. The van der Waals surface area contributed by atoms with Crippen LogP contribution in [0.3, 0.4) is 0 Å². The fourth-order valence-corrected chi connectivity index (χ4v) is 2.82. The molecule has 0 amide bonds. The number of nitrogen functional groups attached to an aromatic ring is 1. The number of sulfone groups is 1. The molecule has 0 radical (unpaired) electrons. The quantitative estimate of drug-likeness (QED) is 0.542. The van der Waals surface area contributed by atoms with E-state index in [9.17, 15) is 8.42 Å². The van der Waals surface area contributed by atoms with Crippen molar-refractivity contribution in [3.05, 3.63) is 18.2 Å². The number of nitrogens with one attached hydrogen (secondary N) is 1. The molecule has 1 aliphatic rings. The first-order valence-electron chi connectivity index (χ1n) is 5.00. The lowest BCUT2D eigenvalue weighted by Gasteiger charge is -2.27. The minimum Gasteiger partial charge on any atom is -0.355 e. The Morgan fingerprint density at radius 3 is 2.62 bits per heavy atom. The van der Waals surface area contributed by atoms with E-state index in [1.165, 1.54) is 0 Å². The standard InChI is InChI=1S/C9H14N4O2S/c10-12-8-2-1-3-9(11-8)13-4-6-16(14,15)7-5-13/h1-3H,4-7,10H2,(H,11,12). The lowest BCUT2D eigenvalue weighted by molar-refractivity contribution is 0.586. The molecule has 0 atom stereocenters. The molecule has 0 aliphatic carbocycles. The fraction of sp³-hybridized carbons (Fsp3) is 0.444. The molecule has 6 nitrogen and oxygen atoms in total. The van der Waals surface area contributed by atoms with Crippen molar-refractivity contribution in [3.63, 3.8) is 0 Å². The monoisotopic (exact) mass is 242 g/mol. The molecule has 1 aromatic heterocycles. The van der Waals surface area contributed by atoms with Gasteiger partial charge in [0.2, 0.25) is 0 Å². The zero-order valence-corrected chi connectivity index (χ0v) is 9.57. The van der Waals surface area contributed by atoms with Crippen molar-refractivity contribution in [1.82, 2.24) is 4.98 Å². The van der Waals surface area contributed by atoms with E-state index < -0.39 is 9.84 Å².